The quantitative estimate of drug-likeness (QED) is 0.688. The molecule has 15 heavy (non-hydrogen) atoms. The van der Waals surface area contributed by atoms with E-state index in [0.717, 1.165) is 18.4 Å². The summed E-state index contributed by atoms with van der Waals surface area (Å²) in [5, 5.41) is 0. The second kappa shape index (κ2) is 3.46. The normalized spacial score (nSPS) is 37.0. The van der Waals surface area contributed by atoms with Crippen molar-refractivity contribution < 1.29 is 4.74 Å². The van der Waals surface area contributed by atoms with Gasteiger partial charge >= 0.3 is 0 Å². The highest BCUT2D eigenvalue weighted by Crippen LogP contribution is 2.50. The minimum atomic E-state index is 0.398. The topological polar surface area (TPSA) is 12.5 Å². The molecule has 1 saturated heterocycles. The van der Waals surface area contributed by atoms with Crippen LogP contribution in [0.5, 0.6) is 0 Å². The van der Waals surface area contributed by atoms with E-state index in [-0.39, 0.29) is 0 Å². The lowest BCUT2D eigenvalue weighted by Gasteiger charge is -2.25. The second-order valence-electron chi connectivity index (χ2n) is 6.31. The summed E-state index contributed by atoms with van der Waals surface area (Å²) >= 11 is 0. The molecule has 0 amide bonds. The second-order valence-corrected chi connectivity index (χ2v) is 6.31. The molecule has 2 nitrogen and oxygen atoms in total. The Labute approximate surface area is 93.0 Å². The van der Waals surface area contributed by atoms with Crippen LogP contribution < -0.4 is 0 Å². The summed E-state index contributed by atoms with van der Waals surface area (Å²) in [7, 11) is 0. The van der Waals surface area contributed by atoms with Crippen LogP contribution in [-0.2, 0) is 4.74 Å². The van der Waals surface area contributed by atoms with Gasteiger partial charge in [-0.15, -0.1) is 0 Å². The first-order valence-electron chi connectivity index (χ1n) is 6.51. The van der Waals surface area contributed by atoms with Gasteiger partial charge in [-0.05, 0) is 44.9 Å². The minimum absolute atomic E-state index is 0.398. The van der Waals surface area contributed by atoms with Crippen molar-refractivity contribution in [2.45, 2.75) is 39.2 Å². The molecule has 2 saturated carbocycles. The van der Waals surface area contributed by atoms with E-state index in [1.165, 1.54) is 38.9 Å². The van der Waals surface area contributed by atoms with E-state index < -0.39 is 0 Å². The Kier molecular flexibility index (Phi) is 2.33. The van der Waals surface area contributed by atoms with Crippen molar-refractivity contribution >= 4 is 0 Å². The maximum Gasteiger partial charge on any atom is 0.0538 e. The molecular formula is C13H23NO. The standard InChI is InChI=1S/C13H23NO/c1-10(2)15-9-13(3-4-13)8-14-6-11-5-12(11)7-14/h10-12H,3-9H2,1-2H3. The number of piperidine rings is 1. The lowest BCUT2D eigenvalue weighted by molar-refractivity contribution is 0.0323. The van der Waals surface area contributed by atoms with Gasteiger partial charge in [0.15, 0.2) is 0 Å². The van der Waals surface area contributed by atoms with Crippen LogP contribution in [0.2, 0.25) is 0 Å². The van der Waals surface area contributed by atoms with Crippen molar-refractivity contribution in [3.63, 3.8) is 0 Å². The Bertz CT molecular complexity index is 237. The lowest BCUT2D eigenvalue weighted by atomic mass is 10.1. The zero-order chi connectivity index (χ0) is 10.5. The highest BCUT2D eigenvalue weighted by atomic mass is 16.5. The number of hydrogen-bond acceptors (Lipinski definition) is 2. The van der Waals surface area contributed by atoms with E-state index in [2.05, 4.69) is 18.7 Å². The monoisotopic (exact) mass is 209 g/mol. The largest absolute Gasteiger partial charge is 0.378 e. The maximum atomic E-state index is 5.79. The minimum Gasteiger partial charge on any atom is -0.378 e. The maximum absolute atomic E-state index is 5.79. The molecule has 0 N–H and O–H groups in total. The van der Waals surface area contributed by atoms with Crippen molar-refractivity contribution in [2.75, 3.05) is 26.2 Å². The third kappa shape index (κ3) is 2.21. The average Bonchev–Trinajstić information content (AvgIpc) is 3.06. The summed E-state index contributed by atoms with van der Waals surface area (Å²) in [6.07, 6.45) is 4.71. The van der Waals surface area contributed by atoms with Crippen LogP contribution >= 0.6 is 0 Å². The van der Waals surface area contributed by atoms with Crippen LogP contribution in [0.3, 0.4) is 0 Å². The van der Waals surface area contributed by atoms with Crippen LogP contribution in [0.1, 0.15) is 33.1 Å². The first kappa shape index (κ1) is 10.1. The van der Waals surface area contributed by atoms with Crippen LogP contribution in [0.25, 0.3) is 0 Å². The predicted molar refractivity (Wildman–Crippen MR) is 60.8 cm³/mol. The molecular weight excluding hydrogens is 186 g/mol. The Balaban J connectivity index is 1.45. The molecule has 86 valence electrons. The van der Waals surface area contributed by atoms with Gasteiger partial charge in [-0.3, -0.25) is 0 Å². The first-order valence-corrected chi connectivity index (χ1v) is 6.51. The molecule has 0 radical (unpaired) electrons. The van der Waals surface area contributed by atoms with E-state index in [9.17, 15) is 0 Å². The number of ether oxygens (including phenoxy) is 1. The van der Waals surface area contributed by atoms with Gasteiger partial charge in [-0.2, -0.15) is 0 Å². The first-order chi connectivity index (χ1) is 7.17. The summed E-state index contributed by atoms with van der Waals surface area (Å²) in [6, 6.07) is 0. The summed E-state index contributed by atoms with van der Waals surface area (Å²) in [5.41, 5.74) is 0.557. The molecule has 2 atom stereocenters. The number of hydrogen-bond donors (Lipinski definition) is 0. The molecule has 2 unspecified atom stereocenters. The Morgan fingerprint density at radius 2 is 1.93 bits per heavy atom. The Morgan fingerprint density at radius 1 is 1.27 bits per heavy atom. The molecule has 0 spiro atoms. The van der Waals surface area contributed by atoms with Crippen molar-refractivity contribution in [3.8, 4) is 0 Å². The molecule has 3 fully saturated rings. The SMILES string of the molecule is CC(C)OCC1(CN2CC3CC3C2)CC1. The number of nitrogens with zero attached hydrogens (tertiary/aromatic N) is 1. The molecule has 1 aliphatic heterocycles. The molecule has 0 aromatic rings. The van der Waals surface area contributed by atoms with Gasteiger partial charge in [0.1, 0.15) is 0 Å². The van der Waals surface area contributed by atoms with Crippen molar-refractivity contribution in [2.24, 2.45) is 17.3 Å². The molecule has 2 aliphatic carbocycles. The van der Waals surface area contributed by atoms with Crippen LogP contribution in [0.15, 0.2) is 0 Å². The van der Waals surface area contributed by atoms with Gasteiger partial charge in [0, 0.05) is 25.0 Å². The molecule has 0 bridgehead atoms. The van der Waals surface area contributed by atoms with E-state index >= 15 is 0 Å². The van der Waals surface area contributed by atoms with Gasteiger partial charge in [0.2, 0.25) is 0 Å². The van der Waals surface area contributed by atoms with Crippen molar-refractivity contribution in [3.05, 3.63) is 0 Å². The third-order valence-corrected chi connectivity index (χ3v) is 4.29. The summed E-state index contributed by atoms with van der Waals surface area (Å²) in [5.74, 6) is 2.15. The van der Waals surface area contributed by atoms with Gasteiger partial charge in [0.05, 0.1) is 12.7 Å². The zero-order valence-corrected chi connectivity index (χ0v) is 10.0. The van der Waals surface area contributed by atoms with Gasteiger partial charge in [-0.1, -0.05) is 0 Å². The van der Waals surface area contributed by atoms with E-state index in [1.54, 1.807) is 0 Å². The molecule has 1 heterocycles. The fraction of sp³-hybridized carbons (Fsp3) is 1.00. The number of rotatable bonds is 5. The summed E-state index contributed by atoms with van der Waals surface area (Å²) in [6.45, 7) is 9.35. The highest BCUT2D eigenvalue weighted by molar-refractivity contribution is 5.02. The molecule has 2 heteroatoms. The predicted octanol–water partition coefficient (Wildman–Crippen LogP) is 2.14. The van der Waals surface area contributed by atoms with E-state index in [1.807, 2.05) is 0 Å². The number of fused-ring (bicyclic) bond motifs is 1. The van der Waals surface area contributed by atoms with Crippen molar-refractivity contribution in [1.29, 1.82) is 0 Å². The van der Waals surface area contributed by atoms with Crippen molar-refractivity contribution in [1.82, 2.24) is 4.90 Å². The molecule has 3 rings (SSSR count). The molecule has 0 aromatic heterocycles. The fourth-order valence-electron chi connectivity index (χ4n) is 2.97. The van der Waals surface area contributed by atoms with Crippen LogP contribution in [0.4, 0.5) is 0 Å². The zero-order valence-electron chi connectivity index (χ0n) is 10.0. The van der Waals surface area contributed by atoms with Crippen LogP contribution in [-0.4, -0.2) is 37.2 Å². The molecule has 3 aliphatic rings. The summed E-state index contributed by atoms with van der Waals surface area (Å²) < 4.78 is 5.79. The van der Waals surface area contributed by atoms with Gasteiger partial charge in [-0.25, -0.2) is 0 Å². The van der Waals surface area contributed by atoms with Gasteiger partial charge in [0.25, 0.3) is 0 Å². The Hall–Kier alpha value is -0.0800. The summed E-state index contributed by atoms with van der Waals surface area (Å²) in [4.78, 5) is 2.69. The Morgan fingerprint density at radius 3 is 2.47 bits per heavy atom. The van der Waals surface area contributed by atoms with Crippen LogP contribution in [0, 0.1) is 17.3 Å². The van der Waals surface area contributed by atoms with E-state index in [0.29, 0.717) is 11.5 Å². The average molecular weight is 209 g/mol. The lowest BCUT2D eigenvalue weighted by Crippen LogP contribution is -2.32. The fourth-order valence-corrected chi connectivity index (χ4v) is 2.97. The van der Waals surface area contributed by atoms with E-state index in [4.69, 9.17) is 4.74 Å². The molecule has 0 aromatic carbocycles. The third-order valence-electron chi connectivity index (χ3n) is 4.29. The van der Waals surface area contributed by atoms with Gasteiger partial charge < -0.3 is 9.64 Å². The smallest absolute Gasteiger partial charge is 0.0538 e. The number of likely N-dealkylation sites (tertiary alicyclic amines) is 1. The highest BCUT2D eigenvalue weighted by Gasteiger charge is 2.50.